The van der Waals surface area contributed by atoms with Gasteiger partial charge in [0.05, 0.1) is 5.69 Å². The van der Waals surface area contributed by atoms with Crippen LogP contribution in [-0.4, -0.2) is 24.1 Å². The van der Waals surface area contributed by atoms with Crippen LogP contribution in [-0.2, 0) is 6.54 Å². The van der Waals surface area contributed by atoms with Crippen molar-refractivity contribution >= 4 is 16.5 Å². The smallest absolute Gasteiger partial charge is 0.186 e. The number of rotatable bonds is 4. The minimum Gasteiger partial charge on any atom is -0.345 e. The van der Waals surface area contributed by atoms with Gasteiger partial charge in [0.2, 0.25) is 0 Å². The first-order valence-corrected chi connectivity index (χ1v) is 7.97. The first-order chi connectivity index (χ1) is 8.72. The highest BCUT2D eigenvalue weighted by Gasteiger charge is 2.20. The highest BCUT2D eigenvalue weighted by molar-refractivity contribution is 7.15. The molecule has 2 rings (SSSR count). The molecule has 1 unspecified atom stereocenters. The number of aromatic nitrogens is 1. The van der Waals surface area contributed by atoms with Gasteiger partial charge in [0.25, 0.3) is 0 Å². The van der Waals surface area contributed by atoms with Gasteiger partial charge in [0.15, 0.2) is 5.13 Å². The number of anilines is 1. The van der Waals surface area contributed by atoms with Gasteiger partial charge < -0.3 is 10.2 Å². The predicted molar refractivity (Wildman–Crippen MR) is 79.5 cm³/mol. The van der Waals surface area contributed by atoms with Crippen LogP contribution < -0.4 is 10.2 Å². The highest BCUT2D eigenvalue weighted by atomic mass is 32.1. The Balaban J connectivity index is 2.11. The summed E-state index contributed by atoms with van der Waals surface area (Å²) in [5, 5.41) is 4.63. The molecular formula is C14H25N3S. The third kappa shape index (κ3) is 3.23. The van der Waals surface area contributed by atoms with E-state index in [1.807, 2.05) is 11.3 Å². The van der Waals surface area contributed by atoms with E-state index in [-0.39, 0.29) is 0 Å². The fourth-order valence-corrected chi connectivity index (χ4v) is 3.66. The van der Waals surface area contributed by atoms with Crippen molar-refractivity contribution in [3.8, 4) is 0 Å². The SMILES string of the molecule is CCNCc1sc(N2CCCCCC2C)nc1C. The van der Waals surface area contributed by atoms with Gasteiger partial charge in [-0.25, -0.2) is 4.98 Å². The van der Waals surface area contributed by atoms with Crippen LogP contribution in [0.15, 0.2) is 0 Å². The number of nitrogens with one attached hydrogen (secondary N) is 1. The molecule has 1 aliphatic heterocycles. The summed E-state index contributed by atoms with van der Waals surface area (Å²) in [5.41, 5.74) is 1.20. The molecule has 0 spiro atoms. The average Bonchev–Trinajstić information content (AvgIpc) is 2.57. The summed E-state index contributed by atoms with van der Waals surface area (Å²) in [4.78, 5) is 8.69. The van der Waals surface area contributed by atoms with Crippen LogP contribution in [0.4, 0.5) is 5.13 Å². The second-order valence-electron chi connectivity index (χ2n) is 5.18. The lowest BCUT2D eigenvalue weighted by Crippen LogP contribution is -2.32. The molecule has 1 aromatic heterocycles. The Morgan fingerprint density at radius 1 is 1.39 bits per heavy atom. The number of hydrogen-bond donors (Lipinski definition) is 1. The van der Waals surface area contributed by atoms with Crippen molar-refractivity contribution in [1.29, 1.82) is 0 Å². The molecule has 0 bridgehead atoms. The summed E-state index contributed by atoms with van der Waals surface area (Å²) in [6, 6.07) is 0.644. The quantitative estimate of drug-likeness (QED) is 0.907. The van der Waals surface area contributed by atoms with Gasteiger partial charge in [-0.1, -0.05) is 19.8 Å². The normalized spacial score (nSPS) is 21.1. The first kappa shape index (κ1) is 13.8. The molecule has 0 aromatic carbocycles. The number of hydrogen-bond acceptors (Lipinski definition) is 4. The lowest BCUT2D eigenvalue weighted by Gasteiger charge is -2.26. The average molecular weight is 267 g/mol. The van der Waals surface area contributed by atoms with Crippen molar-refractivity contribution in [2.24, 2.45) is 0 Å². The van der Waals surface area contributed by atoms with Gasteiger partial charge in [0.1, 0.15) is 0 Å². The third-order valence-corrected chi connectivity index (χ3v) is 4.91. The fraction of sp³-hybridized carbons (Fsp3) is 0.786. The predicted octanol–water partition coefficient (Wildman–Crippen LogP) is 3.33. The fourth-order valence-electron chi connectivity index (χ4n) is 2.50. The second kappa shape index (κ2) is 6.53. The van der Waals surface area contributed by atoms with Crippen molar-refractivity contribution in [2.45, 2.75) is 59.0 Å². The van der Waals surface area contributed by atoms with E-state index in [1.54, 1.807) is 0 Å². The molecular weight excluding hydrogens is 242 g/mol. The van der Waals surface area contributed by atoms with Gasteiger partial charge in [0, 0.05) is 24.0 Å². The summed E-state index contributed by atoms with van der Waals surface area (Å²) in [6.07, 6.45) is 5.36. The van der Waals surface area contributed by atoms with Crippen LogP contribution in [0.3, 0.4) is 0 Å². The molecule has 18 heavy (non-hydrogen) atoms. The molecule has 0 saturated carbocycles. The number of thiazole rings is 1. The standard InChI is InChI=1S/C14H25N3S/c1-4-15-10-13-12(3)16-14(18-13)17-9-7-5-6-8-11(17)2/h11,15H,4-10H2,1-3H3. The molecule has 1 aromatic rings. The molecule has 1 saturated heterocycles. The summed E-state index contributed by atoms with van der Waals surface area (Å²) < 4.78 is 0. The Kier molecular flexibility index (Phi) is 5.01. The van der Waals surface area contributed by atoms with Gasteiger partial charge in [-0.15, -0.1) is 11.3 Å². The van der Waals surface area contributed by atoms with E-state index >= 15 is 0 Å². The maximum atomic E-state index is 4.78. The van der Waals surface area contributed by atoms with Gasteiger partial charge in [-0.3, -0.25) is 0 Å². The zero-order valence-electron chi connectivity index (χ0n) is 11.8. The van der Waals surface area contributed by atoms with Crippen LogP contribution in [0.25, 0.3) is 0 Å². The molecule has 1 aliphatic rings. The van der Waals surface area contributed by atoms with Crippen LogP contribution in [0.5, 0.6) is 0 Å². The summed E-state index contributed by atoms with van der Waals surface area (Å²) in [6.45, 7) is 9.78. The monoisotopic (exact) mass is 267 g/mol. The number of aryl methyl sites for hydroxylation is 1. The van der Waals surface area contributed by atoms with E-state index in [4.69, 9.17) is 4.98 Å². The summed E-state index contributed by atoms with van der Waals surface area (Å²) in [5.74, 6) is 0. The van der Waals surface area contributed by atoms with Gasteiger partial charge in [-0.05, 0) is 33.2 Å². The largest absolute Gasteiger partial charge is 0.345 e. The first-order valence-electron chi connectivity index (χ1n) is 7.16. The van der Waals surface area contributed by atoms with E-state index in [1.165, 1.54) is 47.9 Å². The molecule has 3 nitrogen and oxygen atoms in total. The van der Waals surface area contributed by atoms with Crippen molar-refractivity contribution in [3.05, 3.63) is 10.6 Å². The summed E-state index contributed by atoms with van der Waals surface area (Å²) >= 11 is 1.87. The Hall–Kier alpha value is -0.610. The Morgan fingerprint density at radius 3 is 3.00 bits per heavy atom. The van der Waals surface area contributed by atoms with Crippen molar-refractivity contribution in [2.75, 3.05) is 18.0 Å². The molecule has 1 N–H and O–H groups in total. The Bertz CT molecular complexity index is 375. The Morgan fingerprint density at radius 2 is 2.22 bits per heavy atom. The van der Waals surface area contributed by atoms with Crippen LogP contribution in [0, 0.1) is 6.92 Å². The van der Waals surface area contributed by atoms with E-state index in [9.17, 15) is 0 Å². The molecule has 102 valence electrons. The lowest BCUT2D eigenvalue weighted by molar-refractivity contribution is 0.615. The third-order valence-electron chi connectivity index (χ3n) is 3.72. The molecule has 2 heterocycles. The molecule has 1 atom stereocenters. The molecule has 0 radical (unpaired) electrons. The van der Waals surface area contributed by atoms with E-state index in [0.717, 1.165) is 13.1 Å². The van der Waals surface area contributed by atoms with Crippen LogP contribution in [0.1, 0.15) is 50.1 Å². The minimum absolute atomic E-state index is 0.644. The minimum atomic E-state index is 0.644. The summed E-state index contributed by atoms with van der Waals surface area (Å²) in [7, 11) is 0. The van der Waals surface area contributed by atoms with Crippen molar-refractivity contribution in [3.63, 3.8) is 0 Å². The van der Waals surface area contributed by atoms with E-state index in [0.29, 0.717) is 6.04 Å². The molecule has 1 fully saturated rings. The van der Waals surface area contributed by atoms with Gasteiger partial charge >= 0.3 is 0 Å². The molecule has 0 amide bonds. The topological polar surface area (TPSA) is 28.2 Å². The molecule has 0 aliphatic carbocycles. The van der Waals surface area contributed by atoms with Crippen LogP contribution >= 0.6 is 11.3 Å². The lowest BCUT2D eigenvalue weighted by atomic mass is 10.1. The highest BCUT2D eigenvalue weighted by Crippen LogP contribution is 2.30. The van der Waals surface area contributed by atoms with Crippen LogP contribution in [0.2, 0.25) is 0 Å². The number of nitrogens with zero attached hydrogens (tertiary/aromatic N) is 2. The van der Waals surface area contributed by atoms with Gasteiger partial charge in [-0.2, -0.15) is 0 Å². The molecule has 4 heteroatoms. The van der Waals surface area contributed by atoms with E-state index < -0.39 is 0 Å². The van der Waals surface area contributed by atoms with Crippen molar-refractivity contribution < 1.29 is 0 Å². The van der Waals surface area contributed by atoms with Crippen molar-refractivity contribution in [1.82, 2.24) is 10.3 Å². The second-order valence-corrected chi connectivity index (χ2v) is 6.24. The Labute approximate surface area is 115 Å². The van der Waals surface area contributed by atoms with E-state index in [2.05, 4.69) is 31.0 Å². The zero-order chi connectivity index (χ0) is 13.0. The maximum Gasteiger partial charge on any atom is 0.186 e. The maximum absolute atomic E-state index is 4.78. The zero-order valence-corrected chi connectivity index (χ0v) is 12.6.